The van der Waals surface area contributed by atoms with Gasteiger partial charge in [0.1, 0.15) is 0 Å². The van der Waals surface area contributed by atoms with Gasteiger partial charge in [0.2, 0.25) is 0 Å². The Labute approximate surface area is 247 Å². The van der Waals surface area contributed by atoms with Crippen LogP contribution in [0, 0.1) is 0 Å². The molecule has 202 valence electrons. The van der Waals surface area contributed by atoms with Crippen LogP contribution >= 0.6 is 0 Å². The number of rotatable bonds is 5. The molecule has 0 fully saturated rings. The van der Waals surface area contributed by atoms with Gasteiger partial charge < -0.3 is 0 Å². The Hall–Kier alpha value is -5.44. The van der Waals surface area contributed by atoms with Gasteiger partial charge in [-0.3, -0.25) is 5.01 Å². The van der Waals surface area contributed by atoms with Crippen LogP contribution in [-0.2, 0) is 0 Å². The van der Waals surface area contributed by atoms with Crippen LogP contribution in [0.2, 0.25) is 0 Å². The van der Waals surface area contributed by atoms with E-state index in [0.29, 0.717) is 0 Å². The third-order valence-electron chi connectivity index (χ3n) is 7.36. The third kappa shape index (κ3) is 5.85. The smallest absolute Gasteiger partial charge is 0.0653 e. The summed E-state index contributed by atoms with van der Waals surface area (Å²) < 4.78 is 0. The zero-order valence-corrected chi connectivity index (χ0v) is 23.3. The molecule has 0 bridgehead atoms. The van der Waals surface area contributed by atoms with E-state index in [2.05, 4.69) is 127 Å². The first-order valence-corrected chi connectivity index (χ1v) is 14.2. The van der Waals surface area contributed by atoms with E-state index in [1.165, 1.54) is 38.8 Å². The minimum Gasteiger partial charge on any atom is -0.279 e. The number of benzene rings is 7. The molecule has 7 aromatic rings. The normalized spacial score (nSPS) is 10.5. The molecule has 2 heteroatoms. The minimum atomic E-state index is 0.980. The van der Waals surface area contributed by atoms with Gasteiger partial charge in [0.05, 0.1) is 11.4 Å². The second kappa shape index (κ2) is 12.8. The highest BCUT2D eigenvalue weighted by atomic mass is 15.4. The molecule has 0 aliphatic rings. The van der Waals surface area contributed by atoms with Crippen molar-refractivity contribution in [2.75, 3.05) is 5.01 Å². The van der Waals surface area contributed by atoms with Gasteiger partial charge in [0.15, 0.2) is 0 Å². The van der Waals surface area contributed by atoms with Crippen molar-refractivity contribution in [1.29, 1.82) is 0 Å². The van der Waals surface area contributed by atoms with Crippen molar-refractivity contribution in [1.82, 2.24) is 0 Å². The van der Waals surface area contributed by atoms with Crippen molar-refractivity contribution in [3.05, 3.63) is 182 Å². The SMILES string of the molecule is NN(c1ccccc1)c1cccc2ccccc12.c1ccc(-c2cccc(-c3ccccc3)c2-c2ccccc2)cc1. The van der Waals surface area contributed by atoms with Crippen LogP contribution in [0.4, 0.5) is 11.4 Å². The molecule has 0 aliphatic carbocycles. The lowest BCUT2D eigenvalue weighted by molar-refractivity contribution is 1.10. The Morgan fingerprint density at radius 1 is 0.357 bits per heavy atom. The lowest BCUT2D eigenvalue weighted by Crippen LogP contribution is -2.24. The molecule has 0 aromatic heterocycles. The van der Waals surface area contributed by atoms with E-state index in [-0.39, 0.29) is 0 Å². The lowest BCUT2D eigenvalue weighted by Gasteiger charge is -2.20. The first-order valence-electron chi connectivity index (χ1n) is 14.2. The molecular formula is C40H32N2. The summed E-state index contributed by atoms with van der Waals surface area (Å²) in [5.41, 5.74) is 9.55. The number of nitrogens with zero attached hydrogens (tertiary/aromatic N) is 1. The molecule has 7 rings (SSSR count). The van der Waals surface area contributed by atoms with Crippen molar-refractivity contribution in [3.63, 3.8) is 0 Å². The van der Waals surface area contributed by atoms with E-state index in [1.54, 1.807) is 5.01 Å². The number of hydrogen-bond acceptors (Lipinski definition) is 2. The summed E-state index contributed by atoms with van der Waals surface area (Å²) in [7, 11) is 0. The molecule has 0 spiro atoms. The minimum absolute atomic E-state index is 0.980. The Bertz CT molecular complexity index is 1800. The van der Waals surface area contributed by atoms with Crippen LogP contribution in [-0.4, -0.2) is 0 Å². The largest absolute Gasteiger partial charge is 0.279 e. The van der Waals surface area contributed by atoms with Crippen LogP contribution in [0.5, 0.6) is 0 Å². The summed E-state index contributed by atoms with van der Waals surface area (Å²) in [4.78, 5) is 0. The second-order valence-corrected chi connectivity index (χ2v) is 10.0. The molecule has 0 radical (unpaired) electrons. The summed E-state index contributed by atoms with van der Waals surface area (Å²) in [5, 5.41) is 4.08. The monoisotopic (exact) mass is 540 g/mol. The molecule has 0 saturated carbocycles. The Balaban J connectivity index is 0.000000157. The van der Waals surface area contributed by atoms with Crippen LogP contribution in [0.15, 0.2) is 182 Å². The average molecular weight is 541 g/mol. The number of hydrazine groups is 1. The van der Waals surface area contributed by atoms with Crippen LogP contribution in [0.1, 0.15) is 0 Å². The van der Waals surface area contributed by atoms with Gasteiger partial charge in [-0.2, -0.15) is 0 Å². The van der Waals surface area contributed by atoms with E-state index in [9.17, 15) is 0 Å². The maximum Gasteiger partial charge on any atom is 0.0653 e. The molecule has 0 aliphatic heterocycles. The fourth-order valence-corrected chi connectivity index (χ4v) is 5.33. The topological polar surface area (TPSA) is 29.3 Å². The van der Waals surface area contributed by atoms with Gasteiger partial charge in [-0.05, 0) is 57.0 Å². The van der Waals surface area contributed by atoms with E-state index in [1.807, 2.05) is 54.6 Å². The molecule has 2 N–H and O–H groups in total. The Morgan fingerprint density at radius 3 is 1.36 bits per heavy atom. The number of fused-ring (bicyclic) bond motifs is 1. The van der Waals surface area contributed by atoms with E-state index >= 15 is 0 Å². The zero-order valence-electron chi connectivity index (χ0n) is 23.3. The number of anilines is 2. The molecular weight excluding hydrogens is 508 g/mol. The average Bonchev–Trinajstić information content (AvgIpc) is 3.09. The van der Waals surface area contributed by atoms with Crippen molar-refractivity contribution < 1.29 is 0 Å². The molecule has 0 amide bonds. The lowest BCUT2D eigenvalue weighted by atomic mass is 9.88. The Morgan fingerprint density at radius 2 is 0.786 bits per heavy atom. The predicted molar refractivity (Wildman–Crippen MR) is 179 cm³/mol. The maximum absolute atomic E-state index is 6.22. The quantitative estimate of drug-likeness (QED) is 0.174. The molecule has 0 saturated heterocycles. The first-order chi connectivity index (χ1) is 20.8. The van der Waals surface area contributed by atoms with Gasteiger partial charge in [-0.15, -0.1) is 0 Å². The molecule has 42 heavy (non-hydrogen) atoms. The first kappa shape index (κ1) is 26.8. The summed E-state index contributed by atoms with van der Waals surface area (Å²) in [6, 6.07) is 62.8. The van der Waals surface area contributed by atoms with Gasteiger partial charge in [-0.1, -0.05) is 164 Å². The fourth-order valence-electron chi connectivity index (χ4n) is 5.33. The maximum atomic E-state index is 6.22. The van der Waals surface area contributed by atoms with E-state index in [4.69, 9.17) is 5.84 Å². The van der Waals surface area contributed by atoms with Gasteiger partial charge in [0, 0.05) is 5.39 Å². The summed E-state index contributed by atoms with van der Waals surface area (Å²) in [5.74, 6) is 6.22. The van der Waals surface area contributed by atoms with Gasteiger partial charge in [-0.25, -0.2) is 5.84 Å². The molecule has 0 heterocycles. The summed E-state index contributed by atoms with van der Waals surface area (Å²) >= 11 is 0. The van der Waals surface area contributed by atoms with Crippen LogP contribution in [0.3, 0.4) is 0 Å². The van der Waals surface area contributed by atoms with Crippen molar-refractivity contribution in [2.45, 2.75) is 0 Å². The van der Waals surface area contributed by atoms with Gasteiger partial charge in [0.25, 0.3) is 0 Å². The van der Waals surface area contributed by atoms with Crippen LogP contribution < -0.4 is 10.9 Å². The third-order valence-corrected chi connectivity index (χ3v) is 7.36. The second-order valence-electron chi connectivity index (χ2n) is 10.0. The number of hydrogen-bond donors (Lipinski definition) is 1. The molecule has 2 nitrogen and oxygen atoms in total. The van der Waals surface area contributed by atoms with Crippen molar-refractivity contribution in [2.24, 2.45) is 5.84 Å². The fraction of sp³-hybridized carbons (Fsp3) is 0. The standard InChI is InChI=1S/C24H18.C16H14N2/c1-4-11-19(12-5-1)22-17-10-18-23(20-13-6-2-7-14-20)24(22)21-15-8-3-9-16-21;17-18(14-9-2-1-3-10-14)16-12-6-8-13-7-4-5-11-15(13)16/h1-18H;1-12H,17H2. The van der Waals surface area contributed by atoms with Crippen molar-refractivity contribution in [3.8, 4) is 33.4 Å². The van der Waals surface area contributed by atoms with Crippen LogP contribution in [0.25, 0.3) is 44.2 Å². The highest BCUT2D eigenvalue weighted by Gasteiger charge is 2.13. The highest BCUT2D eigenvalue weighted by Crippen LogP contribution is 2.39. The van der Waals surface area contributed by atoms with E-state index < -0.39 is 0 Å². The van der Waals surface area contributed by atoms with Crippen molar-refractivity contribution >= 4 is 22.1 Å². The summed E-state index contributed by atoms with van der Waals surface area (Å²) in [6.07, 6.45) is 0. The Kier molecular flexibility index (Phi) is 8.17. The number of para-hydroxylation sites is 1. The zero-order chi connectivity index (χ0) is 28.6. The molecule has 0 atom stereocenters. The summed E-state index contributed by atoms with van der Waals surface area (Å²) in [6.45, 7) is 0. The highest BCUT2D eigenvalue weighted by molar-refractivity contribution is 5.96. The molecule has 0 unspecified atom stereocenters. The molecule has 7 aromatic carbocycles. The van der Waals surface area contributed by atoms with Gasteiger partial charge >= 0.3 is 0 Å². The predicted octanol–water partition coefficient (Wildman–Crippen LogP) is 10.5. The number of nitrogens with two attached hydrogens (primary N) is 1. The van der Waals surface area contributed by atoms with E-state index in [0.717, 1.165) is 16.8 Å².